The average molecular weight is 371 g/mol. The zero-order chi connectivity index (χ0) is 13.5. The van der Waals surface area contributed by atoms with Gasteiger partial charge in [0.05, 0.1) is 23.6 Å². The van der Waals surface area contributed by atoms with Crippen LogP contribution in [-0.2, 0) is 0 Å². The number of ether oxygens (including phenoxy) is 1. The van der Waals surface area contributed by atoms with E-state index < -0.39 is 9.58 Å². The Kier molecular flexibility index (Phi) is 3.83. The third-order valence-electron chi connectivity index (χ3n) is 2.43. The van der Waals surface area contributed by atoms with Gasteiger partial charge in [-0.05, 0) is 12.1 Å². The average Bonchev–Trinajstić information content (AvgIpc) is 2.68. The fourth-order valence-corrected chi connectivity index (χ4v) is 2.43. The molecule has 0 aliphatic heterocycles. The van der Waals surface area contributed by atoms with Crippen LogP contribution in [0.5, 0.6) is 5.75 Å². The summed E-state index contributed by atoms with van der Waals surface area (Å²) in [6.07, 6.45) is 1.50. The second-order valence-corrected chi connectivity index (χ2v) is 6.76. The topological polar surface area (TPSA) is 42.1 Å². The molecule has 0 atom stereocenters. The predicted molar refractivity (Wildman–Crippen MR) is 77.2 cm³/mol. The van der Waals surface area contributed by atoms with Gasteiger partial charge in [-0.2, -0.15) is 0 Å². The molecule has 0 aliphatic rings. The maximum atomic E-state index is 12.0. The second kappa shape index (κ2) is 4.93. The molecule has 0 aliphatic carbocycles. The first kappa shape index (κ1) is 14.0. The molecule has 7 heteroatoms. The number of methoxy groups -OCH3 is 1. The van der Waals surface area contributed by atoms with Crippen molar-refractivity contribution >= 4 is 67.4 Å². The molecule has 96 valence electrons. The molecular weight excluding hydrogens is 364 g/mol. The van der Waals surface area contributed by atoms with Gasteiger partial charge in [-0.15, -0.1) is 0 Å². The number of benzene rings is 1. The van der Waals surface area contributed by atoms with E-state index in [1.165, 1.54) is 13.3 Å². The Morgan fingerprint density at radius 3 is 2.61 bits per heavy atom. The zero-order valence-electron chi connectivity index (χ0n) is 9.06. The van der Waals surface area contributed by atoms with Crippen LogP contribution in [0.15, 0.2) is 22.8 Å². The van der Waals surface area contributed by atoms with E-state index in [0.717, 1.165) is 9.99 Å². The Hall–Kier alpha value is -0.420. The van der Waals surface area contributed by atoms with E-state index in [9.17, 15) is 4.79 Å². The fourth-order valence-electron chi connectivity index (χ4n) is 1.69. The van der Waals surface area contributed by atoms with Crippen LogP contribution in [0.25, 0.3) is 10.9 Å². The second-order valence-electron chi connectivity index (χ2n) is 3.56. The van der Waals surface area contributed by atoms with Gasteiger partial charge in [-0.1, -0.05) is 50.7 Å². The van der Waals surface area contributed by atoms with Crippen molar-refractivity contribution in [3.63, 3.8) is 0 Å². The van der Waals surface area contributed by atoms with Gasteiger partial charge in [0.15, 0.2) is 0 Å². The van der Waals surface area contributed by atoms with E-state index in [-0.39, 0.29) is 5.56 Å². The monoisotopic (exact) mass is 369 g/mol. The summed E-state index contributed by atoms with van der Waals surface area (Å²) in [4.78, 5) is 15.0. The van der Waals surface area contributed by atoms with Gasteiger partial charge in [0.2, 0.25) is 5.78 Å². The Balaban J connectivity index is 2.71. The first-order valence-electron chi connectivity index (χ1n) is 4.80. The molecule has 0 saturated carbocycles. The number of Topliss-reactive ketones (excluding diaryl/α,β-unsaturated/α-hetero) is 1. The Labute approximate surface area is 126 Å². The van der Waals surface area contributed by atoms with Crippen molar-refractivity contribution < 1.29 is 9.53 Å². The minimum Gasteiger partial charge on any atom is -0.496 e. The van der Waals surface area contributed by atoms with Crippen molar-refractivity contribution in [3.8, 4) is 5.75 Å². The van der Waals surface area contributed by atoms with Crippen LogP contribution < -0.4 is 4.74 Å². The maximum Gasteiger partial charge on any atom is 0.253 e. The number of aromatic amines is 1. The number of ketones is 1. The van der Waals surface area contributed by atoms with Crippen molar-refractivity contribution in [1.82, 2.24) is 4.98 Å². The smallest absolute Gasteiger partial charge is 0.253 e. The minimum absolute atomic E-state index is 0.286. The highest BCUT2D eigenvalue weighted by atomic mass is 79.9. The van der Waals surface area contributed by atoms with Crippen molar-refractivity contribution in [2.75, 3.05) is 7.11 Å². The van der Waals surface area contributed by atoms with Crippen LogP contribution >= 0.6 is 50.7 Å². The number of carbonyl (C=O) groups excluding carboxylic acids is 1. The molecule has 1 aromatic carbocycles. The molecule has 0 radical (unpaired) electrons. The van der Waals surface area contributed by atoms with Gasteiger partial charge < -0.3 is 9.72 Å². The van der Waals surface area contributed by atoms with E-state index in [1.54, 1.807) is 6.07 Å². The molecule has 18 heavy (non-hydrogen) atoms. The Morgan fingerprint density at radius 1 is 1.39 bits per heavy atom. The molecular formula is C11H7BrCl3NO2. The number of H-pyrrole nitrogens is 1. The van der Waals surface area contributed by atoms with Crippen LogP contribution in [-0.4, -0.2) is 21.7 Å². The highest BCUT2D eigenvalue weighted by Gasteiger charge is 2.34. The van der Waals surface area contributed by atoms with Crippen molar-refractivity contribution in [2.24, 2.45) is 0 Å². The van der Waals surface area contributed by atoms with Gasteiger partial charge in [-0.3, -0.25) is 4.79 Å². The molecule has 2 rings (SSSR count). The third kappa shape index (κ3) is 2.48. The number of aromatic nitrogens is 1. The Bertz CT molecular complexity index is 619. The highest BCUT2D eigenvalue weighted by Crippen LogP contribution is 2.37. The SMILES string of the molecule is COc1cc(Br)cc2[nH]cc(C(=O)C(Cl)(Cl)Cl)c12. The first-order chi connectivity index (χ1) is 8.34. The molecule has 0 bridgehead atoms. The summed E-state index contributed by atoms with van der Waals surface area (Å²) in [6.45, 7) is 0. The summed E-state index contributed by atoms with van der Waals surface area (Å²) in [5.41, 5.74) is 1.01. The summed E-state index contributed by atoms with van der Waals surface area (Å²) in [5, 5.41) is 0.594. The van der Waals surface area contributed by atoms with Gasteiger partial charge >= 0.3 is 0 Å². The molecule has 0 unspecified atom stereocenters. The van der Waals surface area contributed by atoms with Crippen LogP contribution in [0.1, 0.15) is 10.4 Å². The summed E-state index contributed by atoms with van der Waals surface area (Å²) < 4.78 is 4.07. The number of nitrogens with one attached hydrogen (secondary N) is 1. The summed E-state index contributed by atoms with van der Waals surface area (Å²) in [7, 11) is 1.51. The molecule has 2 aromatic rings. The Morgan fingerprint density at radius 2 is 2.06 bits per heavy atom. The van der Waals surface area contributed by atoms with Gasteiger partial charge in [-0.25, -0.2) is 0 Å². The number of alkyl halides is 3. The molecule has 3 nitrogen and oxygen atoms in total. The van der Waals surface area contributed by atoms with Crippen LogP contribution in [0.2, 0.25) is 0 Å². The predicted octanol–water partition coefficient (Wildman–Crippen LogP) is 4.49. The first-order valence-corrected chi connectivity index (χ1v) is 6.73. The van der Waals surface area contributed by atoms with E-state index >= 15 is 0 Å². The molecule has 0 saturated heterocycles. The summed E-state index contributed by atoms with van der Waals surface area (Å²) >= 11 is 20.2. The van der Waals surface area contributed by atoms with Crippen molar-refractivity contribution in [1.29, 1.82) is 0 Å². The number of fused-ring (bicyclic) bond motifs is 1. The lowest BCUT2D eigenvalue weighted by atomic mass is 10.1. The summed E-state index contributed by atoms with van der Waals surface area (Å²) in [5.74, 6) is -0.0717. The van der Waals surface area contributed by atoms with Crippen molar-refractivity contribution in [2.45, 2.75) is 3.79 Å². The standard InChI is InChI=1S/C11H7BrCl3NO2/c1-18-8-3-5(12)2-7-9(8)6(4-16-7)10(17)11(13,14)15/h2-4,16H,1H3. The number of hydrogen-bond acceptors (Lipinski definition) is 2. The molecule has 1 aromatic heterocycles. The van der Waals surface area contributed by atoms with Gasteiger partial charge in [0.25, 0.3) is 3.79 Å². The van der Waals surface area contributed by atoms with Gasteiger partial charge in [0, 0.05) is 10.7 Å². The van der Waals surface area contributed by atoms with E-state index in [4.69, 9.17) is 39.5 Å². The molecule has 0 spiro atoms. The van der Waals surface area contributed by atoms with E-state index in [1.807, 2.05) is 6.07 Å². The molecule has 0 fully saturated rings. The minimum atomic E-state index is -1.99. The quantitative estimate of drug-likeness (QED) is 0.624. The van der Waals surface area contributed by atoms with Crippen LogP contribution in [0, 0.1) is 0 Å². The number of carbonyl (C=O) groups is 1. The van der Waals surface area contributed by atoms with Crippen LogP contribution in [0.4, 0.5) is 0 Å². The fraction of sp³-hybridized carbons (Fsp3) is 0.182. The lowest BCUT2D eigenvalue weighted by Crippen LogP contribution is -2.18. The zero-order valence-corrected chi connectivity index (χ0v) is 12.9. The summed E-state index contributed by atoms with van der Waals surface area (Å²) in [6, 6.07) is 3.55. The van der Waals surface area contributed by atoms with Crippen molar-refractivity contribution in [3.05, 3.63) is 28.4 Å². The van der Waals surface area contributed by atoms with E-state index in [2.05, 4.69) is 20.9 Å². The molecule has 0 amide bonds. The number of rotatable bonds is 2. The normalized spacial score (nSPS) is 11.8. The van der Waals surface area contributed by atoms with E-state index in [0.29, 0.717) is 11.1 Å². The lowest BCUT2D eigenvalue weighted by molar-refractivity contribution is 0.0998. The molecule has 1 heterocycles. The van der Waals surface area contributed by atoms with Gasteiger partial charge in [0.1, 0.15) is 5.75 Å². The third-order valence-corrected chi connectivity index (χ3v) is 3.40. The molecule has 1 N–H and O–H groups in total. The maximum absolute atomic E-state index is 12.0. The highest BCUT2D eigenvalue weighted by molar-refractivity contribution is 9.10. The lowest BCUT2D eigenvalue weighted by Gasteiger charge is -2.10. The number of halogens is 4. The van der Waals surface area contributed by atoms with Crippen LogP contribution in [0.3, 0.4) is 0 Å². The number of hydrogen-bond donors (Lipinski definition) is 1. The largest absolute Gasteiger partial charge is 0.496 e.